The van der Waals surface area contributed by atoms with Crippen molar-refractivity contribution in [2.24, 2.45) is 0 Å². The lowest BCUT2D eigenvalue weighted by atomic mass is 10.2. The van der Waals surface area contributed by atoms with E-state index in [1.54, 1.807) is 30.3 Å². The Morgan fingerprint density at radius 1 is 0.931 bits per heavy atom. The van der Waals surface area contributed by atoms with E-state index in [2.05, 4.69) is 15.6 Å². The molecular formula is C22H17N3O3S. The Morgan fingerprint density at radius 3 is 2.48 bits per heavy atom. The summed E-state index contributed by atoms with van der Waals surface area (Å²) in [4.78, 5) is 28.5. The van der Waals surface area contributed by atoms with E-state index >= 15 is 0 Å². The smallest absolute Gasteiger partial charge is 0.261 e. The average molecular weight is 403 g/mol. The van der Waals surface area contributed by atoms with Gasteiger partial charge in [0.1, 0.15) is 11.5 Å². The Labute approximate surface area is 171 Å². The third kappa shape index (κ3) is 4.41. The fourth-order valence-corrected chi connectivity index (χ4v) is 3.68. The summed E-state index contributed by atoms with van der Waals surface area (Å²) in [6.07, 6.45) is 0. The molecule has 1 aromatic heterocycles. The number of hydrogen-bond donors (Lipinski definition) is 2. The number of carbonyl (C=O) groups is 2. The third-order valence-electron chi connectivity index (χ3n) is 4.03. The number of benzene rings is 3. The molecule has 0 atom stereocenters. The number of anilines is 2. The highest BCUT2D eigenvalue weighted by atomic mass is 32.1. The molecule has 0 spiro atoms. The van der Waals surface area contributed by atoms with Crippen molar-refractivity contribution in [1.82, 2.24) is 4.98 Å². The van der Waals surface area contributed by atoms with Gasteiger partial charge in [0.2, 0.25) is 5.91 Å². The molecular weight excluding hydrogens is 386 g/mol. The Bertz CT molecular complexity index is 1190. The van der Waals surface area contributed by atoms with Crippen molar-refractivity contribution in [1.29, 1.82) is 0 Å². The summed E-state index contributed by atoms with van der Waals surface area (Å²) in [5.41, 5.74) is 1.84. The fraction of sp³-hybridized carbons (Fsp3) is 0.0455. The van der Waals surface area contributed by atoms with Crippen LogP contribution in [0.4, 0.5) is 10.8 Å². The molecule has 29 heavy (non-hydrogen) atoms. The summed E-state index contributed by atoms with van der Waals surface area (Å²) in [7, 11) is 0. The summed E-state index contributed by atoms with van der Waals surface area (Å²) >= 11 is 1.34. The summed E-state index contributed by atoms with van der Waals surface area (Å²) < 4.78 is 6.72. The van der Waals surface area contributed by atoms with Crippen LogP contribution in [0.1, 0.15) is 17.3 Å². The summed E-state index contributed by atoms with van der Waals surface area (Å²) in [5.74, 6) is 0.665. The first-order chi connectivity index (χ1) is 14.1. The first kappa shape index (κ1) is 18.6. The number of para-hydroxylation sites is 2. The van der Waals surface area contributed by atoms with Crippen LogP contribution in [0.5, 0.6) is 11.5 Å². The van der Waals surface area contributed by atoms with Gasteiger partial charge in [0.25, 0.3) is 5.91 Å². The molecule has 0 radical (unpaired) electrons. The lowest BCUT2D eigenvalue weighted by Crippen LogP contribution is -2.12. The van der Waals surface area contributed by atoms with Crippen molar-refractivity contribution < 1.29 is 14.3 Å². The Hall–Kier alpha value is -3.71. The molecule has 2 amide bonds. The number of nitrogens with one attached hydrogen (secondary N) is 2. The second kappa shape index (κ2) is 8.12. The van der Waals surface area contributed by atoms with Crippen LogP contribution in [-0.4, -0.2) is 16.8 Å². The van der Waals surface area contributed by atoms with E-state index in [9.17, 15) is 9.59 Å². The van der Waals surface area contributed by atoms with Gasteiger partial charge in [-0.05, 0) is 42.5 Å². The lowest BCUT2D eigenvalue weighted by molar-refractivity contribution is -0.114. The first-order valence-corrected chi connectivity index (χ1v) is 9.71. The Morgan fingerprint density at radius 2 is 1.69 bits per heavy atom. The van der Waals surface area contributed by atoms with E-state index < -0.39 is 0 Å². The molecule has 0 bridgehead atoms. The second-order valence-electron chi connectivity index (χ2n) is 6.25. The second-order valence-corrected chi connectivity index (χ2v) is 7.28. The molecule has 0 saturated heterocycles. The van der Waals surface area contributed by atoms with Crippen molar-refractivity contribution in [3.63, 3.8) is 0 Å². The molecule has 4 aromatic rings. The van der Waals surface area contributed by atoms with Crippen molar-refractivity contribution in [3.05, 3.63) is 78.4 Å². The van der Waals surface area contributed by atoms with Crippen molar-refractivity contribution >= 4 is 44.2 Å². The van der Waals surface area contributed by atoms with Gasteiger partial charge in [-0.25, -0.2) is 4.98 Å². The van der Waals surface area contributed by atoms with Crippen LogP contribution in [0.15, 0.2) is 72.8 Å². The van der Waals surface area contributed by atoms with Crippen LogP contribution in [0.3, 0.4) is 0 Å². The number of amides is 2. The SMILES string of the molecule is CC(=O)Nc1ccc2nc(NC(=O)c3ccccc3Oc3ccccc3)sc2c1. The predicted octanol–water partition coefficient (Wildman–Crippen LogP) is 5.30. The van der Waals surface area contributed by atoms with Crippen LogP contribution in [-0.2, 0) is 4.79 Å². The minimum absolute atomic E-state index is 0.141. The largest absolute Gasteiger partial charge is 0.457 e. The minimum atomic E-state index is -0.308. The van der Waals surface area contributed by atoms with E-state index in [4.69, 9.17) is 4.74 Å². The maximum Gasteiger partial charge on any atom is 0.261 e. The normalized spacial score (nSPS) is 10.5. The number of rotatable bonds is 5. The summed E-state index contributed by atoms with van der Waals surface area (Å²) in [6.45, 7) is 1.46. The van der Waals surface area contributed by atoms with E-state index in [0.717, 1.165) is 10.2 Å². The fourth-order valence-electron chi connectivity index (χ4n) is 2.78. The van der Waals surface area contributed by atoms with Gasteiger partial charge in [0.05, 0.1) is 15.8 Å². The van der Waals surface area contributed by atoms with E-state index in [1.165, 1.54) is 18.3 Å². The quantitative estimate of drug-likeness (QED) is 0.474. The molecule has 7 heteroatoms. The number of hydrogen-bond acceptors (Lipinski definition) is 5. The monoisotopic (exact) mass is 403 g/mol. The number of ether oxygens (including phenoxy) is 1. The van der Waals surface area contributed by atoms with Crippen LogP contribution in [0.25, 0.3) is 10.2 Å². The zero-order valence-electron chi connectivity index (χ0n) is 15.5. The number of thiazole rings is 1. The third-order valence-corrected chi connectivity index (χ3v) is 4.97. The van der Waals surface area contributed by atoms with Crippen LogP contribution < -0.4 is 15.4 Å². The maximum atomic E-state index is 12.8. The molecule has 4 rings (SSSR count). The van der Waals surface area contributed by atoms with Gasteiger partial charge in [-0.3, -0.25) is 14.9 Å². The summed E-state index contributed by atoms with van der Waals surface area (Å²) in [6, 6.07) is 21.8. The number of nitrogens with zero attached hydrogens (tertiary/aromatic N) is 1. The number of fused-ring (bicyclic) bond motifs is 1. The highest BCUT2D eigenvalue weighted by molar-refractivity contribution is 7.22. The minimum Gasteiger partial charge on any atom is -0.457 e. The molecule has 6 nitrogen and oxygen atoms in total. The summed E-state index contributed by atoms with van der Waals surface area (Å²) in [5, 5.41) is 6.05. The molecule has 0 aliphatic carbocycles. The Balaban J connectivity index is 1.56. The Kier molecular flexibility index (Phi) is 5.22. The highest BCUT2D eigenvalue weighted by Crippen LogP contribution is 2.30. The van der Waals surface area contributed by atoms with E-state index in [1.807, 2.05) is 42.5 Å². The van der Waals surface area contributed by atoms with E-state index in [0.29, 0.717) is 27.9 Å². The molecule has 0 unspecified atom stereocenters. The van der Waals surface area contributed by atoms with Crippen molar-refractivity contribution in [3.8, 4) is 11.5 Å². The molecule has 144 valence electrons. The lowest BCUT2D eigenvalue weighted by Gasteiger charge is -2.10. The van der Waals surface area contributed by atoms with Gasteiger partial charge in [0.15, 0.2) is 5.13 Å². The van der Waals surface area contributed by atoms with Gasteiger partial charge < -0.3 is 10.1 Å². The standard InChI is InChI=1S/C22H17N3O3S/c1-14(26)23-15-11-12-18-20(13-15)29-22(24-18)25-21(27)17-9-5-6-10-19(17)28-16-7-3-2-4-8-16/h2-13H,1H3,(H,23,26)(H,24,25,27). The zero-order chi connectivity index (χ0) is 20.2. The molecule has 2 N–H and O–H groups in total. The van der Waals surface area contributed by atoms with Gasteiger partial charge in [0, 0.05) is 12.6 Å². The zero-order valence-corrected chi connectivity index (χ0v) is 16.3. The molecule has 3 aromatic carbocycles. The van der Waals surface area contributed by atoms with Crippen LogP contribution in [0.2, 0.25) is 0 Å². The topological polar surface area (TPSA) is 80.3 Å². The van der Waals surface area contributed by atoms with Crippen LogP contribution >= 0.6 is 11.3 Å². The molecule has 1 heterocycles. The highest BCUT2D eigenvalue weighted by Gasteiger charge is 2.15. The van der Waals surface area contributed by atoms with Gasteiger partial charge in [-0.1, -0.05) is 41.7 Å². The van der Waals surface area contributed by atoms with Gasteiger partial charge >= 0.3 is 0 Å². The van der Waals surface area contributed by atoms with E-state index in [-0.39, 0.29) is 11.8 Å². The molecule has 0 aliphatic heterocycles. The van der Waals surface area contributed by atoms with Crippen LogP contribution in [0, 0.1) is 0 Å². The molecule has 0 aliphatic rings. The number of carbonyl (C=O) groups excluding carboxylic acids is 2. The predicted molar refractivity (Wildman–Crippen MR) is 115 cm³/mol. The van der Waals surface area contributed by atoms with Gasteiger partial charge in [-0.2, -0.15) is 0 Å². The number of aromatic nitrogens is 1. The maximum absolute atomic E-state index is 12.8. The van der Waals surface area contributed by atoms with Crippen molar-refractivity contribution in [2.75, 3.05) is 10.6 Å². The average Bonchev–Trinajstić information content (AvgIpc) is 3.10. The van der Waals surface area contributed by atoms with Crippen molar-refractivity contribution in [2.45, 2.75) is 6.92 Å². The molecule has 0 fully saturated rings. The van der Waals surface area contributed by atoms with Gasteiger partial charge in [-0.15, -0.1) is 0 Å². The molecule has 0 saturated carbocycles. The first-order valence-electron chi connectivity index (χ1n) is 8.90.